The number of carbonyl (C=O) groups is 1. The van der Waals surface area contributed by atoms with Gasteiger partial charge in [-0.1, -0.05) is 6.07 Å². The van der Waals surface area contributed by atoms with Crippen LogP contribution in [0, 0.1) is 11.6 Å². The molecule has 1 amide bonds. The van der Waals surface area contributed by atoms with E-state index in [0.717, 1.165) is 12.1 Å². The summed E-state index contributed by atoms with van der Waals surface area (Å²) >= 11 is 0. The Morgan fingerprint density at radius 3 is 2.42 bits per heavy atom. The summed E-state index contributed by atoms with van der Waals surface area (Å²) < 4.78 is 53.2. The molecule has 24 heavy (non-hydrogen) atoms. The fraction of sp³-hybridized carbons (Fsp3) is 0.188. The maximum Gasteiger partial charge on any atom is 0.262 e. The summed E-state index contributed by atoms with van der Waals surface area (Å²) in [5.74, 6) is -2.27. The summed E-state index contributed by atoms with van der Waals surface area (Å²) in [6, 6.07) is 7.72. The third-order valence-electron chi connectivity index (χ3n) is 3.00. The molecule has 8 heteroatoms. The van der Waals surface area contributed by atoms with Crippen molar-refractivity contribution in [2.75, 3.05) is 4.72 Å². The predicted molar refractivity (Wildman–Crippen MR) is 86.2 cm³/mol. The van der Waals surface area contributed by atoms with E-state index in [1.54, 1.807) is 13.8 Å². The van der Waals surface area contributed by atoms with Gasteiger partial charge in [0.05, 0.1) is 10.6 Å². The average molecular weight is 354 g/mol. The molecule has 2 aromatic carbocycles. The number of halogens is 2. The number of amides is 1. The van der Waals surface area contributed by atoms with Gasteiger partial charge in [-0.15, -0.1) is 0 Å². The van der Waals surface area contributed by atoms with E-state index < -0.39 is 27.6 Å². The topological polar surface area (TPSA) is 75.3 Å². The summed E-state index contributed by atoms with van der Waals surface area (Å²) in [5, 5.41) is 2.65. The fourth-order valence-electron chi connectivity index (χ4n) is 1.93. The molecule has 2 rings (SSSR count). The van der Waals surface area contributed by atoms with E-state index in [9.17, 15) is 22.0 Å². The molecule has 128 valence electrons. The predicted octanol–water partition coefficient (Wildman–Crippen LogP) is 2.90. The highest BCUT2D eigenvalue weighted by atomic mass is 32.2. The minimum atomic E-state index is -4.13. The van der Waals surface area contributed by atoms with E-state index in [1.165, 1.54) is 24.3 Å². The number of nitrogens with one attached hydrogen (secondary N) is 2. The maximum absolute atomic E-state index is 13.6. The Morgan fingerprint density at radius 2 is 1.79 bits per heavy atom. The second-order valence-corrected chi connectivity index (χ2v) is 7.07. The molecule has 0 saturated carbocycles. The SMILES string of the molecule is CC(C)NC(=O)c1cccc(S(=O)(=O)Nc2ccc(F)cc2F)c1. The van der Waals surface area contributed by atoms with Crippen molar-refractivity contribution in [3.05, 3.63) is 59.7 Å². The van der Waals surface area contributed by atoms with Crippen molar-refractivity contribution >= 4 is 21.6 Å². The molecule has 0 unspecified atom stereocenters. The largest absolute Gasteiger partial charge is 0.350 e. The second kappa shape index (κ2) is 6.96. The van der Waals surface area contributed by atoms with Gasteiger partial charge in [0.2, 0.25) is 0 Å². The standard InChI is InChI=1S/C16H16F2N2O3S/c1-10(2)19-16(21)11-4-3-5-13(8-11)24(22,23)20-15-7-6-12(17)9-14(15)18/h3-10,20H,1-2H3,(H,19,21). The van der Waals surface area contributed by atoms with Crippen LogP contribution in [-0.4, -0.2) is 20.4 Å². The first-order valence-electron chi connectivity index (χ1n) is 7.08. The third-order valence-corrected chi connectivity index (χ3v) is 4.36. The van der Waals surface area contributed by atoms with Gasteiger partial charge >= 0.3 is 0 Å². The normalized spacial score (nSPS) is 11.4. The van der Waals surface area contributed by atoms with E-state index in [1.807, 2.05) is 4.72 Å². The molecule has 0 bridgehead atoms. The number of hydrogen-bond acceptors (Lipinski definition) is 3. The molecule has 0 atom stereocenters. The van der Waals surface area contributed by atoms with E-state index in [2.05, 4.69) is 5.32 Å². The summed E-state index contributed by atoms with van der Waals surface area (Å²) in [5.41, 5.74) is -0.223. The molecular weight excluding hydrogens is 338 g/mol. The molecule has 0 aliphatic rings. The molecule has 0 heterocycles. The molecule has 0 aliphatic heterocycles. The second-order valence-electron chi connectivity index (χ2n) is 5.39. The number of rotatable bonds is 5. The number of benzene rings is 2. The third kappa shape index (κ3) is 4.29. The van der Waals surface area contributed by atoms with Crippen LogP contribution in [0.3, 0.4) is 0 Å². The molecule has 0 aliphatic carbocycles. The Hall–Kier alpha value is -2.48. The maximum atomic E-state index is 13.6. The van der Waals surface area contributed by atoms with Crippen LogP contribution >= 0.6 is 0 Å². The first-order valence-corrected chi connectivity index (χ1v) is 8.56. The van der Waals surface area contributed by atoms with Gasteiger partial charge in [-0.3, -0.25) is 9.52 Å². The number of anilines is 1. The number of sulfonamides is 1. The molecule has 2 N–H and O–H groups in total. The van der Waals surface area contributed by atoms with E-state index in [4.69, 9.17) is 0 Å². The number of carbonyl (C=O) groups excluding carboxylic acids is 1. The van der Waals surface area contributed by atoms with E-state index in [0.29, 0.717) is 6.07 Å². The summed E-state index contributed by atoms with van der Waals surface area (Å²) in [6.45, 7) is 3.55. The van der Waals surface area contributed by atoms with Crippen molar-refractivity contribution < 1.29 is 22.0 Å². The zero-order valence-electron chi connectivity index (χ0n) is 13.0. The minimum absolute atomic E-state index is 0.107. The Balaban J connectivity index is 2.31. The van der Waals surface area contributed by atoms with Gasteiger partial charge in [-0.2, -0.15) is 0 Å². The van der Waals surface area contributed by atoms with Gasteiger partial charge in [-0.25, -0.2) is 17.2 Å². The summed E-state index contributed by atoms with van der Waals surface area (Å²) in [7, 11) is -4.13. The van der Waals surface area contributed by atoms with Crippen LogP contribution in [0.2, 0.25) is 0 Å². The molecule has 2 aromatic rings. The summed E-state index contributed by atoms with van der Waals surface area (Å²) in [6.07, 6.45) is 0. The molecule has 0 saturated heterocycles. The molecule has 0 aromatic heterocycles. The molecule has 0 radical (unpaired) electrons. The van der Waals surface area contributed by atoms with Crippen LogP contribution in [0.4, 0.5) is 14.5 Å². The summed E-state index contributed by atoms with van der Waals surface area (Å²) in [4.78, 5) is 11.8. The van der Waals surface area contributed by atoms with Gasteiger partial charge in [0.15, 0.2) is 0 Å². The highest BCUT2D eigenvalue weighted by molar-refractivity contribution is 7.92. The van der Waals surface area contributed by atoms with E-state index in [-0.39, 0.29) is 22.2 Å². The number of hydrogen-bond donors (Lipinski definition) is 2. The van der Waals surface area contributed by atoms with Gasteiger partial charge in [0, 0.05) is 17.7 Å². The highest BCUT2D eigenvalue weighted by Crippen LogP contribution is 2.20. The van der Waals surface area contributed by atoms with Crippen molar-refractivity contribution in [2.45, 2.75) is 24.8 Å². The Bertz CT molecular complexity index is 867. The van der Waals surface area contributed by atoms with Gasteiger partial charge in [0.25, 0.3) is 15.9 Å². The van der Waals surface area contributed by atoms with Gasteiger partial charge in [-0.05, 0) is 44.2 Å². The van der Waals surface area contributed by atoms with Crippen LogP contribution in [0.5, 0.6) is 0 Å². The molecule has 0 fully saturated rings. The van der Waals surface area contributed by atoms with Crippen molar-refractivity contribution in [1.29, 1.82) is 0 Å². The monoisotopic (exact) mass is 354 g/mol. The highest BCUT2D eigenvalue weighted by Gasteiger charge is 2.18. The Labute approximate surface area is 138 Å². The average Bonchev–Trinajstić information content (AvgIpc) is 2.49. The lowest BCUT2D eigenvalue weighted by Gasteiger charge is -2.11. The smallest absolute Gasteiger partial charge is 0.262 e. The van der Waals surface area contributed by atoms with Crippen molar-refractivity contribution in [1.82, 2.24) is 5.32 Å². The minimum Gasteiger partial charge on any atom is -0.350 e. The van der Waals surface area contributed by atoms with Crippen molar-refractivity contribution in [3.8, 4) is 0 Å². The molecular formula is C16H16F2N2O3S. The van der Waals surface area contributed by atoms with Crippen molar-refractivity contribution in [2.24, 2.45) is 0 Å². The van der Waals surface area contributed by atoms with Crippen LogP contribution in [0.1, 0.15) is 24.2 Å². The molecule has 5 nitrogen and oxygen atoms in total. The Morgan fingerprint density at radius 1 is 1.08 bits per heavy atom. The van der Waals surface area contributed by atoms with E-state index >= 15 is 0 Å². The van der Waals surface area contributed by atoms with Crippen molar-refractivity contribution in [3.63, 3.8) is 0 Å². The van der Waals surface area contributed by atoms with Gasteiger partial charge < -0.3 is 5.32 Å². The van der Waals surface area contributed by atoms with Crippen LogP contribution < -0.4 is 10.0 Å². The van der Waals surface area contributed by atoms with Crippen LogP contribution in [0.15, 0.2) is 47.4 Å². The fourth-order valence-corrected chi connectivity index (χ4v) is 3.04. The first-order chi connectivity index (χ1) is 11.2. The van der Waals surface area contributed by atoms with Gasteiger partial charge in [0.1, 0.15) is 11.6 Å². The Kier molecular flexibility index (Phi) is 5.18. The molecule has 0 spiro atoms. The lowest BCUT2D eigenvalue weighted by Crippen LogP contribution is -2.30. The van der Waals surface area contributed by atoms with Crippen LogP contribution in [0.25, 0.3) is 0 Å². The first kappa shape index (κ1) is 17.9. The lowest BCUT2D eigenvalue weighted by atomic mass is 10.2. The lowest BCUT2D eigenvalue weighted by molar-refractivity contribution is 0.0943. The zero-order chi connectivity index (χ0) is 17.9. The van der Waals surface area contributed by atoms with Crippen LogP contribution in [-0.2, 0) is 10.0 Å². The quantitative estimate of drug-likeness (QED) is 0.867. The zero-order valence-corrected chi connectivity index (χ0v) is 13.8.